The number of anilines is 1. The maximum atomic E-state index is 13.3. The Morgan fingerprint density at radius 1 is 0.941 bits per heavy atom. The molecule has 0 aliphatic rings. The normalized spacial score (nSPS) is 10.7. The van der Waals surface area contributed by atoms with Crippen LogP contribution in [-0.4, -0.2) is 30.5 Å². The standard InChI is InChI=1S/C26H21FN2O5/c1-33-22-12-11-18(13-23(22)34-2)28-24(30)15-29-14-20(25(31)16-7-9-17(27)10-8-16)26(32)19-5-3-4-6-21(19)29/h3-14H,15H2,1-2H3,(H,28,30). The van der Waals surface area contributed by atoms with E-state index in [1.807, 2.05) is 0 Å². The quantitative estimate of drug-likeness (QED) is 0.421. The molecule has 0 fully saturated rings. The number of hydrogen-bond acceptors (Lipinski definition) is 5. The van der Waals surface area contributed by atoms with Crippen LogP contribution in [0.15, 0.2) is 77.7 Å². The first kappa shape index (κ1) is 22.7. The molecule has 4 rings (SSSR count). The SMILES string of the molecule is COc1ccc(NC(=O)Cn2cc(C(=O)c3ccc(F)cc3)c(=O)c3ccccc32)cc1OC. The number of nitrogens with one attached hydrogen (secondary N) is 1. The fraction of sp³-hybridized carbons (Fsp3) is 0.115. The molecule has 34 heavy (non-hydrogen) atoms. The molecule has 172 valence electrons. The number of ether oxygens (including phenoxy) is 2. The van der Waals surface area contributed by atoms with Crippen molar-refractivity contribution in [3.8, 4) is 11.5 Å². The van der Waals surface area contributed by atoms with Crippen LogP contribution in [0.25, 0.3) is 10.9 Å². The summed E-state index contributed by atoms with van der Waals surface area (Å²) in [7, 11) is 3.01. The molecule has 0 saturated heterocycles. The third-order valence-electron chi connectivity index (χ3n) is 5.32. The van der Waals surface area contributed by atoms with E-state index >= 15 is 0 Å². The maximum Gasteiger partial charge on any atom is 0.244 e. The zero-order valence-electron chi connectivity index (χ0n) is 18.5. The van der Waals surface area contributed by atoms with E-state index in [1.54, 1.807) is 47.0 Å². The molecule has 0 radical (unpaired) electrons. The second-order valence-corrected chi connectivity index (χ2v) is 7.47. The van der Waals surface area contributed by atoms with E-state index in [2.05, 4.69) is 5.32 Å². The summed E-state index contributed by atoms with van der Waals surface area (Å²) < 4.78 is 25.3. The number of methoxy groups -OCH3 is 2. The summed E-state index contributed by atoms with van der Waals surface area (Å²) >= 11 is 0. The molecule has 3 aromatic carbocycles. The van der Waals surface area contributed by atoms with Crippen LogP contribution in [0.4, 0.5) is 10.1 Å². The fourth-order valence-electron chi connectivity index (χ4n) is 3.66. The molecule has 0 aliphatic carbocycles. The maximum absolute atomic E-state index is 13.3. The first-order valence-corrected chi connectivity index (χ1v) is 10.4. The minimum atomic E-state index is -0.551. The van der Waals surface area contributed by atoms with Crippen molar-refractivity contribution in [3.05, 3.63) is 100 Å². The molecule has 4 aromatic rings. The van der Waals surface area contributed by atoms with Crippen molar-refractivity contribution < 1.29 is 23.5 Å². The number of aromatic nitrogens is 1. The summed E-state index contributed by atoms with van der Waals surface area (Å²) in [6.07, 6.45) is 1.37. The third-order valence-corrected chi connectivity index (χ3v) is 5.32. The molecule has 0 atom stereocenters. The van der Waals surface area contributed by atoms with Gasteiger partial charge in [-0.2, -0.15) is 0 Å². The third kappa shape index (κ3) is 4.52. The Morgan fingerprint density at radius 2 is 1.65 bits per heavy atom. The van der Waals surface area contributed by atoms with Crippen molar-refractivity contribution >= 4 is 28.3 Å². The number of carbonyl (C=O) groups excluding carboxylic acids is 2. The van der Waals surface area contributed by atoms with Gasteiger partial charge in [0.25, 0.3) is 0 Å². The zero-order chi connectivity index (χ0) is 24.2. The molecule has 0 bridgehead atoms. The van der Waals surface area contributed by atoms with E-state index < -0.39 is 17.0 Å². The lowest BCUT2D eigenvalue weighted by atomic mass is 10.0. The number of halogens is 1. The highest BCUT2D eigenvalue weighted by Crippen LogP contribution is 2.29. The Labute approximate surface area is 194 Å². The van der Waals surface area contributed by atoms with Gasteiger partial charge in [0.05, 0.1) is 25.3 Å². The number of ketones is 1. The zero-order valence-corrected chi connectivity index (χ0v) is 18.5. The molecular weight excluding hydrogens is 439 g/mol. The molecule has 0 aliphatic heterocycles. The molecule has 1 amide bonds. The van der Waals surface area contributed by atoms with Gasteiger partial charge in [0.15, 0.2) is 17.3 Å². The van der Waals surface area contributed by atoms with Crippen molar-refractivity contribution in [2.24, 2.45) is 0 Å². The minimum absolute atomic E-state index is 0.107. The van der Waals surface area contributed by atoms with Gasteiger partial charge in [-0.15, -0.1) is 0 Å². The van der Waals surface area contributed by atoms with E-state index in [9.17, 15) is 18.8 Å². The number of rotatable bonds is 7. The molecule has 1 heterocycles. The second kappa shape index (κ2) is 9.58. The van der Waals surface area contributed by atoms with E-state index in [0.717, 1.165) is 12.1 Å². The summed E-state index contributed by atoms with van der Waals surface area (Å²) in [4.78, 5) is 38.9. The molecule has 8 heteroatoms. The predicted molar refractivity (Wildman–Crippen MR) is 126 cm³/mol. The number of para-hydroxylation sites is 1. The Balaban J connectivity index is 1.69. The summed E-state index contributed by atoms with van der Waals surface area (Å²) in [6.45, 7) is -0.154. The average Bonchev–Trinajstić information content (AvgIpc) is 2.85. The molecule has 0 saturated carbocycles. The molecule has 7 nitrogen and oxygen atoms in total. The van der Waals surface area contributed by atoms with Crippen molar-refractivity contribution in [1.82, 2.24) is 4.57 Å². The van der Waals surface area contributed by atoms with Crippen molar-refractivity contribution in [3.63, 3.8) is 0 Å². The van der Waals surface area contributed by atoms with Crippen molar-refractivity contribution in [2.45, 2.75) is 6.54 Å². The Kier molecular flexibility index (Phi) is 6.40. The average molecular weight is 460 g/mol. The molecule has 0 spiro atoms. The number of hydrogen-bond donors (Lipinski definition) is 1. The van der Waals surface area contributed by atoms with Crippen LogP contribution in [0, 0.1) is 5.82 Å². The van der Waals surface area contributed by atoms with Gasteiger partial charge in [0.2, 0.25) is 11.3 Å². The Hall–Kier alpha value is -4.46. The monoisotopic (exact) mass is 460 g/mol. The number of pyridine rings is 1. The summed E-state index contributed by atoms with van der Waals surface area (Å²) in [6, 6.07) is 16.6. The number of carbonyl (C=O) groups is 2. The minimum Gasteiger partial charge on any atom is -0.493 e. The van der Waals surface area contributed by atoms with Gasteiger partial charge in [-0.3, -0.25) is 14.4 Å². The van der Waals surface area contributed by atoms with E-state index in [-0.39, 0.29) is 23.6 Å². The first-order chi connectivity index (χ1) is 16.4. The first-order valence-electron chi connectivity index (χ1n) is 10.4. The number of fused-ring (bicyclic) bond motifs is 1. The topological polar surface area (TPSA) is 86.6 Å². The van der Waals surface area contributed by atoms with Crippen molar-refractivity contribution in [1.29, 1.82) is 0 Å². The molecule has 1 aromatic heterocycles. The highest BCUT2D eigenvalue weighted by Gasteiger charge is 2.18. The Bertz CT molecular complexity index is 1440. The van der Waals surface area contributed by atoms with E-state index in [4.69, 9.17) is 9.47 Å². The summed E-state index contributed by atoms with van der Waals surface area (Å²) in [5.74, 6) is -0.428. The van der Waals surface area contributed by atoms with Crippen LogP contribution in [-0.2, 0) is 11.3 Å². The van der Waals surface area contributed by atoms with Gasteiger partial charge in [0, 0.05) is 28.9 Å². The van der Waals surface area contributed by atoms with Crippen LogP contribution in [0.5, 0.6) is 11.5 Å². The van der Waals surface area contributed by atoms with Gasteiger partial charge >= 0.3 is 0 Å². The Morgan fingerprint density at radius 3 is 2.35 bits per heavy atom. The van der Waals surface area contributed by atoms with Gasteiger partial charge in [0.1, 0.15) is 12.4 Å². The molecular formula is C26H21FN2O5. The lowest BCUT2D eigenvalue weighted by molar-refractivity contribution is -0.116. The second-order valence-electron chi connectivity index (χ2n) is 7.47. The highest BCUT2D eigenvalue weighted by atomic mass is 19.1. The molecule has 0 unspecified atom stereocenters. The van der Waals surface area contributed by atoms with Crippen LogP contribution in [0.1, 0.15) is 15.9 Å². The number of amides is 1. The van der Waals surface area contributed by atoms with Crippen molar-refractivity contribution in [2.75, 3.05) is 19.5 Å². The van der Waals surface area contributed by atoms with Crippen LogP contribution in [0.2, 0.25) is 0 Å². The van der Waals surface area contributed by atoms with Gasteiger partial charge < -0.3 is 19.4 Å². The van der Waals surface area contributed by atoms with E-state index in [0.29, 0.717) is 28.1 Å². The van der Waals surface area contributed by atoms with Crippen LogP contribution < -0.4 is 20.2 Å². The smallest absolute Gasteiger partial charge is 0.244 e. The predicted octanol–water partition coefficient (Wildman–Crippen LogP) is 4.03. The van der Waals surface area contributed by atoms with Gasteiger partial charge in [-0.05, 0) is 48.5 Å². The lowest BCUT2D eigenvalue weighted by Gasteiger charge is -2.14. The van der Waals surface area contributed by atoms with Crippen LogP contribution in [0.3, 0.4) is 0 Å². The summed E-state index contributed by atoms with van der Waals surface area (Å²) in [5.41, 5.74) is 0.613. The van der Waals surface area contributed by atoms with E-state index in [1.165, 1.54) is 32.5 Å². The highest BCUT2D eigenvalue weighted by molar-refractivity contribution is 6.10. The van der Waals surface area contributed by atoms with Crippen LogP contribution >= 0.6 is 0 Å². The summed E-state index contributed by atoms with van der Waals surface area (Å²) in [5, 5.41) is 3.08. The number of nitrogens with zero attached hydrogens (tertiary/aromatic N) is 1. The fourth-order valence-corrected chi connectivity index (χ4v) is 3.66. The number of benzene rings is 3. The molecule has 1 N–H and O–H groups in total. The largest absolute Gasteiger partial charge is 0.493 e. The lowest BCUT2D eigenvalue weighted by Crippen LogP contribution is -2.24. The van der Waals surface area contributed by atoms with Gasteiger partial charge in [-0.1, -0.05) is 12.1 Å². The van der Waals surface area contributed by atoms with Gasteiger partial charge in [-0.25, -0.2) is 4.39 Å².